The van der Waals surface area contributed by atoms with Gasteiger partial charge in [0.05, 0.1) is 0 Å². The Labute approximate surface area is 205 Å². The molecule has 0 unspecified atom stereocenters. The first-order valence-electron chi connectivity index (χ1n) is 11.7. The molecule has 0 heterocycles. The second kappa shape index (κ2) is 11.7. The molecule has 0 aliphatic rings. The van der Waals surface area contributed by atoms with E-state index in [0.717, 1.165) is 15.6 Å². The summed E-state index contributed by atoms with van der Waals surface area (Å²) in [6.07, 6.45) is -0.301. The molecule has 0 saturated carbocycles. The van der Waals surface area contributed by atoms with Crippen molar-refractivity contribution in [2.75, 3.05) is 0 Å². The van der Waals surface area contributed by atoms with Crippen molar-refractivity contribution in [1.82, 2.24) is 0 Å². The van der Waals surface area contributed by atoms with Gasteiger partial charge in [0.2, 0.25) is 0 Å². The molecule has 3 aromatic carbocycles. The van der Waals surface area contributed by atoms with Crippen molar-refractivity contribution in [2.24, 2.45) is 0 Å². The van der Waals surface area contributed by atoms with E-state index in [-0.39, 0.29) is 18.3 Å². The van der Waals surface area contributed by atoms with Crippen molar-refractivity contribution in [3.05, 3.63) is 91.0 Å². The maximum absolute atomic E-state index is 7.38. The van der Waals surface area contributed by atoms with Gasteiger partial charge in [0, 0.05) is 0 Å². The van der Waals surface area contributed by atoms with Crippen molar-refractivity contribution < 1.29 is 31.1 Å². The summed E-state index contributed by atoms with van der Waals surface area (Å²) in [5.41, 5.74) is 0. The van der Waals surface area contributed by atoms with Gasteiger partial charge in [0.15, 0.2) is 0 Å². The van der Waals surface area contributed by atoms with E-state index in [2.05, 4.69) is 72.8 Å². The van der Waals surface area contributed by atoms with Gasteiger partial charge in [-0.25, -0.2) is 0 Å². The summed E-state index contributed by atoms with van der Waals surface area (Å²) in [5, 5.41) is 3.39. The predicted octanol–water partition coefficient (Wildman–Crippen LogP) is 4.76. The van der Waals surface area contributed by atoms with Crippen LogP contribution in [0.1, 0.15) is 41.5 Å². The summed E-state index contributed by atoms with van der Waals surface area (Å²) in [5.74, 6) is 0. The monoisotopic (exact) mass is 500 g/mol. The van der Waals surface area contributed by atoms with Crippen molar-refractivity contribution in [3.8, 4) is 0 Å². The number of rotatable bonds is 11. The van der Waals surface area contributed by atoms with Crippen LogP contribution in [-0.4, -0.2) is 26.6 Å². The Balaban J connectivity index is 2.33. The fourth-order valence-corrected chi connectivity index (χ4v) is 14.8. The Kier molecular flexibility index (Phi) is 9.25. The van der Waals surface area contributed by atoms with Crippen molar-refractivity contribution in [1.29, 1.82) is 0 Å². The van der Waals surface area contributed by atoms with Crippen molar-refractivity contribution >= 4 is 23.9 Å². The fraction of sp³-hybridized carbons (Fsp3) is 0.333. The van der Waals surface area contributed by atoms with E-state index in [1.54, 1.807) is 0 Å². The van der Waals surface area contributed by atoms with E-state index in [1.165, 1.54) is 0 Å². The zero-order valence-corrected chi connectivity index (χ0v) is 23.1. The molecule has 0 saturated heterocycles. The molecule has 0 aliphatic carbocycles. The quantitative estimate of drug-likeness (QED) is 0.281. The second-order valence-corrected chi connectivity index (χ2v) is 15.8. The van der Waals surface area contributed by atoms with Gasteiger partial charge in [0.25, 0.3) is 0 Å². The average Bonchev–Trinajstić information content (AvgIpc) is 2.78. The van der Waals surface area contributed by atoms with Crippen LogP contribution in [0.25, 0.3) is 0 Å². The normalized spacial score (nSPS) is 12.6. The number of hydrogen-bond donors (Lipinski definition) is 0. The zero-order chi connectivity index (χ0) is 23.9. The van der Waals surface area contributed by atoms with Gasteiger partial charge in [-0.1, -0.05) is 0 Å². The van der Waals surface area contributed by atoms with Crippen LogP contribution in [-0.2, 0) is 31.1 Å². The molecule has 0 spiro atoms. The molecule has 3 aromatic rings. The molecular formula is C27H36O4SiTi. The summed E-state index contributed by atoms with van der Waals surface area (Å²) >= 11 is -4.28. The van der Waals surface area contributed by atoms with E-state index >= 15 is 0 Å². The molecular weight excluding hydrogens is 464 g/mol. The van der Waals surface area contributed by atoms with Gasteiger partial charge in [0.1, 0.15) is 0 Å². The summed E-state index contributed by atoms with van der Waals surface area (Å²) in [6, 6.07) is 31.4. The molecule has 4 nitrogen and oxygen atoms in total. The van der Waals surface area contributed by atoms with Crippen LogP contribution in [0.2, 0.25) is 0 Å². The molecule has 0 radical (unpaired) electrons. The van der Waals surface area contributed by atoms with Crippen LogP contribution >= 0.6 is 0 Å². The third-order valence-corrected chi connectivity index (χ3v) is 15.1. The third-order valence-electron chi connectivity index (χ3n) is 4.96. The first-order valence-corrected chi connectivity index (χ1v) is 16.1. The number of hydrogen-bond acceptors (Lipinski definition) is 4. The predicted molar refractivity (Wildman–Crippen MR) is 134 cm³/mol. The Morgan fingerprint density at radius 3 is 1.00 bits per heavy atom. The van der Waals surface area contributed by atoms with Crippen LogP contribution in [0.15, 0.2) is 91.0 Å². The summed E-state index contributed by atoms with van der Waals surface area (Å²) in [4.78, 5) is 0. The molecule has 0 N–H and O–H groups in total. The van der Waals surface area contributed by atoms with E-state index in [0.29, 0.717) is 0 Å². The Morgan fingerprint density at radius 1 is 0.485 bits per heavy atom. The van der Waals surface area contributed by atoms with Gasteiger partial charge in [-0.05, 0) is 0 Å². The van der Waals surface area contributed by atoms with Gasteiger partial charge in [-0.3, -0.25) is 0 Å². The molecule has 0 aliphatic heterocycles. The molecule has 33 heavy (non-hydrogen) atoms. The Bertz CT molecular complexity index is 842. The maximum atomic E-state index is 7.38. The van der Waals surface area contributed by atoms with E-state index in [4.69, 9.17) is 13.0 Å². The van der Waals surface area contributed by atoms with E-state index < -0.39 is 26.5 Å². The molecule has 0 aromatic heterocycles. The van der Waals surface area contributed by atoms with Gasteiger partial charge < -0.3 is 0 Å². The molecule has 0 fully saturated rings. The molecule has 3 rings (SSSR count). The van der Waals surface area contributed by atoms with Gasteiger partial charge in [-0.2, -0.15) is 0 Å². The zero-order valence-electron chi connectivity index (χ0n) is 20.5. The first kappa shape index (κ1) is 26.0. The SMILES string of the molecule is CC(C)[O][Ti]([O]C(C)C)([O]C(C)C)[O][Si](c1ccccc1)(c1ccccc1)c1ccccc1. The van der Waals surface area contributed by atoms with Crippen LogP contribution in [0.3, 0.4) is 0 Å². The summed E-state index contributed by atoms with van der Waals surface area (Å²) in [6.45, 7) is 12.0. The fourth-order valence-electron chi connectivity index (χ4n) is 3.90. The van der Waals surface area contributed by atoms with Crippen LogP contribution in [0.5, 0.6) is 0 Å². The van der Waals surface area contributed by atoms with Crippen LogP contribution < -0.4 is 15.6 Å². The molecule has 6 heteroatoms. The Morgan fingerprint density at radius 2 is 0.758 bits per heavy atom. The third kappa shape index (κ3) is 6.52. The minimum atomic E-state index is -4.28. The average molecular weight is 501 g/mol. The Hall–Kier alpha value is -1.57. The van der Waals surface area contributed by atoms with Crippen LogP contribution in [0.4, 0.5) is 0 Å². The summed E-state index contributed by atoms with van der Waals surface area (Å²) < 4.78 is 27.0. The van der Waals surface area contributed by atoms with Gasteiger partial charge in [-0.15, -0.1) is 0 Å². The molecule has 0 bridgehead atoms. The van der Waals surface area contributed by atoms with E-state index in [9.17, 15) is 0 Å². The second-order valence-electron chi connectivity index (χ2n) is 8.88. The molecule has 0 atom stereocenters. The summed E-state index contributed by atoms with van der Waals surface area (Å²) in [7, 11) is -3.05. The van der Waals surface area contributed by atoms with Crippen molar-refractivity contribution in [2.45, 2.75) is 59.9 Å². The molecule has 0 amide bonds. The number of benzene rings is 3. The minimum absolute atomic E-state index is 0.100. The van der Waals surface area contributed by atoms with Crippen molar-refractivity contribution in [3.63, 3.8) is 0 Å². The first-order chi connectivity index (χ1) is 15.8. The van der Waals surface area contributed by atoms with Crippen LogP contribution in [0, 0.1) is 0 Å². The topological polar surface area (TPSA) is 36.9 Å². The molecule has 176 valence electrons. The standard InChI is InChI=1S/C18H15OSi.3C3H7O.Ti/c19-20(16-10-4-1-5-11-16,17-12-6-2-7-13-17)18-14-8-3-9-15-18;3*1-3(2)4;/h1-15H;3*3H,1-2H3;/q4*-1;+4. The van der Waals surface area contributed by atoms with E-state index in [1.807, 2.05) is 59.7 Å². The van der Waals surface area contributed by atoms with Gasteiger partial charge >= 0.3 is 206 Å².